The van der Waals surface area contributed by atoms with Gasteiger partial charge >= 0.3 is 5.97 Å². The number of halogens is 1. The van der Waals surface area contributed by atoms with E-state index in [-0.39, 0.29) is 30.4 Å². The fourth-order valence-electron chi connectivity index (χ4n) is 0.893. The molecule has 0 amide bonds. The van der Waals surface area contributed by atoms with Crippen LogP contribution in [0.15, 0.2) is 0 Å². The first-order valence-corrected chi connectivity index (χ1v) is 6.97. The van der Waals surface area contributed by atoms with Gasteiger partial charge in [-0.1, -0.05) is 0 Å². The Bertz CT molecular complexity index is 291. The smallest absolute Gasteiger partial charge is 0.322 e. The molecule has 0 aliphatic rings. The highest BCUT2D eigenvalue weighted by atomic mass is 35.5. The van der Waals surface area contributed by atoms with Gasteiger partial charge in [0.25, 0.3) is 0 Å². The topological polar surface area (TPSA) is 86.5 Å². The molecule has 0 aromatic rings. The largest absolute Gasteiger partial charge is 0.465 e. The molecule has 0 saturated heterocycles. The van der Waals surface area contributed by atoms with E-state index in [2.05, 4.69) is 4.74 Å². The second-order valence-corrected chi connectivity index (χ2v) is 5.67. The fraction of sp³-hybridized carbons (Fsp3) is 0.875. The molecule has 0 aliphatic heterocycles. The van der Waals surface area contributed by atoms with Gasteiger partial charge in [0.1, 0.15) is 6.04 Å². The third-order valence-electron chi connectivity index (χ3n) is 1.72. The zero-order chi connectivity index (χ0) is 11.9. The minimum atomic E-state index is -3.19. The first kappa shape index (κ1) is 14.7. The van der Waals surface area contributed by atoms with Crippen molar-refractivity contribution < 1.29 is 17.9 Å². The summed E-state index contributed by atoms with van der Waals surface area (Å²) in [7, 11) is -3.19. The van der Waals surface area contributed by atoms with Crippen molar-refractivity contribution in [2.75, 3.05) is 24.0 Å². The van der Waals surface area contributed by atoms with Gasteiger partial charge in [0.2, 0.25) is 0 Å². The van der Waals surface area contributed by atoms with Crippen LogP contribution in [-0.4, -0.2) is 44.4 Å². The van der Waals surface area contributed by atoms with E-state index in [4.69, 9.17) is 17.3 Å². The molecule has 0 heterocycles. The van der Waals surface area contributed by atoms with Gasteiger partial charge in [-0.05, 0) is 13.3 Å². The van der Waals surface area contributed by atoms with Crippen molar-refractivity contribution in [1.82, 2.24) is 0 Å². The highest BCUT2D eigenvalue weighted by Crippen LogP contribution is 1.99. The lowest BCUT2D eigenvalue weighted by atomic mass is 10.2. The fourth-order valence-corrected chi connectivity index (χ4v) is 2.65. The quantitative estimate of drug-likeness (QED) is 0.509. The maximum absolute atomic E-state index is 11.2. The molecule has 0 aliphatic carbocycles. The summed E-state index contributed by atoms with van der Waals surface area (Å²) in [6.07, 6.45) is 0.0675. The standard InChI is InChI=1S/C8H16ClNO4S/c1-2-14-8(11)7(10)3-5-15(12,13)6-4-9/h7H,2-6,10H2,1H3. The second kappa shape index (κ2) is 7.03. The van der Waals surface area contributed by atoms with E-state index in [0.29, 0.717) is 0 Å². The van der Waals surface area contributed by atoms with Crippen LogP contribution in [0.4, 0.5) is 0 Å². The number of carbonyl (C=O) groups excluding carboxylic acids is 1. The summed E-state index contributed by atoms with van der Waals surface area (Å²) in [5.41, 5.74) is 5.43. The number of nitrogens with two attached hydrogens (primary N) is 1. The van der Waals surface area contributed by atoms with Crippen LogP contribution in [0.2, 0.25) is 0 Å². The highest BCUT2D eigenvalue weighted by Gasteiger charge is 2.18. The zero-order valence-electron chi connectivity index (χ0n) is 8.61. The zero-order valence-corrected chi connectivity index (χ0v) is 10.2. The molecule has 0 radical (unpaired) electrons. The predicted molar refractivity (Wildman–Crippen MR) is 58.6 cm³/mol. The lowest BCUT2D eigenvalue weighted by Crippen LogP contribution is -2.34. The summed E-state index contributed by atoms with van der Waals surface area (Å²) in [5, 5.41) is 0. The molecule has 7 heteroatoms. The van der Waals surface area contributed by atoms with Gasteiger partial charge < -0.3 is 10.5 Å². The average Bonchev–Trinajstić information content (AvgIpc) is 2.14. The van der Waals surface area contributed by atoms with Gasteiger partial charge in [-0.3, -0.25) is 4.79 Å². The minimum Gasteiger partial charge on any atom is -0.465 e. The Morgan fingerprint density at radius 1 is 1.47 bits per heavy atom. The lowest BCUT2D eigenvalue weighted by molar-refractivity contribution is -0.144. The summed E-state index contributed by atoms with van der Waals surface area (Å²) in [6.45, 7) is 1.90. The maximum Gasteiger partial charge on any atom is 0.322 e. The van der Waals surface area contributed by atoms with Crippen LogP contribution in [-0.2, 0) is 19.4 Å². The van der Waals surface area contributed by atoms with Crippen molar-refractivity contribution in [1.29, 1.82) is 0 Å². The van der Waals surface area contributed by atoms with E-state index in [9.17, 15) is 13.2 Å². The van der Waals surface area contributed by atoms with E-state index < -0.39 is 21.8 Å². The van der Waals surface area contributed by atoms with Crippen molar-refractivity contribution in [2.45, 2.75) is 19.4 Å². The van der Waals surface area contributed by atoms with Gasteiger partial charge in [-0.2, -0.15) is 0 Å². The van der Waals surface area contributed by atoms with E-state index in [0.717, 1.165) is 0 Å². The van der Waals surface area contributed by atoms with E-state index in [1.807, 2.05) is 0 Å². The average molecular weight is 258 g/mol. The van der Waals surface area contributed by atoms with Crippen molar-refractivity contribution in [3.05, 3.63) is 0 Å². The molecule has 5 nitrogen and oxygen atoms in total. The van der Waals surface area contributed by atoms with Gasteiger partial charge in [0.05, 0.1) is 18.1 Å². The first-order chi connectivity index (χ1) is 6.93. The van der Waals surface area contributed by atoms with Crippen molar-refractivity contribution in [3.63, 3.8) is 0 Å². The number of rotatable bonds is 7. The Morgan fingerprint density at radius 3 is 2.53 bits per heavy atom. The Labute approximate surface area is 94.8 Å². The molecule has 0 bridgehead atoms. The lowest BCUT2D eigenvalue weighted by Gasteiger charge is -2.09. The van der Waals surface area contributed by atoms with Gasteiger partial charge in [-0.15, -0.1) is 11.6 Å². The van der Waals surface area contributed by atoms with Crippen LogP contribution < -0.4 is 5.73 Å². The summed E-state index contributed by atoms with van der Waals surface area (Å²) >= 11 is 5.31. The molecule has 2 N–H and O–H groups in total. The Morgan fingerprint density at radius 2 is 2.07 bits per heavy atom. The highest BCUT2D eigenvalue weighted by molar-refractivity contribution is 7.91. The molecule has 0 aromatic heterocycles. The van der Waals surface area contributed by atoms with Crippen LogP contribution in [0, 0.1) is 0 Å². The SMILES string of the molecule is CCOC(=O)C(N)CCS(=O)(=O)CCCl. The molecule has 0 saturated carbocycles. The van der Waals surface area contributed by atoms with E-state index in [1.54, 1.807) is 6.92 Å². The molecule has 15 heavy (non-hydrogen) atoms. The molecule has 0 aromatic carbocycles. The molecule has 1 atom stereocenters. The van der Waals surface area contributed by atoms with Crippen molar-refractivity contribution in [2.24, 2.45) is 5.73 Å². The number of carbonyl (C=O) groups is 1. The van der Waals surface area contributed by atoms with Gasteiger partial charge in [0, 0.05) is 5.88 Å². The Hall–Kier alpha value is -0.330. The summed E-state index contributed by atoms with van der Waals surface area (Å²) < 4.78 is 27.1. The molecule has 0 fully saturated rings. The van der Waals surface area contributed by atoms with Crippen LogP contribution in [0.1, 0.15) is 13.3 Å². The summed E-state index contributed by atoms with van der Waals surface area (Å²) in [6, 6.07) is -0.880. The first-order valence-electron chi connectivity index (χ1n) is 4.61. The minimum absolute atomic E-state index is 0.0526. The number of ether oxygens (including phenoxy) is 1. The molecule has 0 rings (SSSR count). The number of hydrogen-bond acceptors (Lipinski definition) is 5. The molecule has 1 unspecified atom stereocenters. The summed E-state index contributed by atoms with van der Waals surface area (Å²) in [4.78, 5) is 11.0. The van der Waals surface area contributed by atoms with Crippen LogP contribution >= 0.6 is 11.6 Å². The number of hydrogen-bond donors (Lipinski definition) is 1. The molecular weight excluding hydrogens is 242 g/mol. The van der Waals surface area contributed by atoms with Gasteiger partial charge in [-0.25, -0.2) is 8.42 Å². The van der Waals surface area contributed by atoms with Crippen LogP contribution in [0.25, 0.3) is 0 Å². The van der Waals surface area contributed by atoms with Crippen molar-refractivity contribution in [3.8, 4) is 0 Å². The number of esters is 1. The predicted octanol–water partition coefficient (Wildman–Crippen LogP) is -0.0795. The third kappa shape index (κ3) is 6.70. The Balaban J connectivity index is 4.00. The van der Waals surface area contributed by atoms with Crippen LogP contribution in [0.3, 0.4) is 0 Å². The monoisotopic (exact) mass is 257 g/mol. The molecule has 90 valence electrons. The maximum atomic E-state index is 11.2. The number of alkyl halides is 1. The van der Waals surface area contributed by atoms with E-state index in [1.165, 1.54) is 0 Å². The van der Waals surface area contributed by atoms with E-state index >= 15 is 0 Å². The van der Waals surface area contributed by atoms with Crippen LogP contribution in [0.5, 0.6) is 0 Å². The summed E-state index contributed by atoms with van der Waals surface area (Å²) in [5.74, 6) is -0.751. The molecular formula is C8H16ClNO4S. The number of sulfone groups is 1. The van der Waals surface area contributed by atoms with Crippen molar-refractivity contribution >= 4 is 27.4 Å². The third-order valence-corrected chi connectivity index (χ3v) is 3.81. The molecule has 0 spiro atoms. The second-order valence-electron chi connectivity index (χ2n) is 2.99. The Kier molecular flexibility index (Phi) is 6.87. The normalized spacial score (nSPS) is 13.5. The van der Waals surface area contributed by atoms with Gasteiger partial charge in [0.15, 0.2) is 9.84 Å².